The fraction of sp³-hybridized carbons (Fsp3) is 0.467. The van der Waals surface area contributed by atoms with Crippen LogP contribution in [-0.4, -0.2) is 35.5 Å². The van der Waals surface area contributed by atoms with Crippen LogP contribution < -0.4 is 14.8 Å². The standard InChI is InChI=1S/C15H22N4O2/c1-11(16-8-7-15-17-10-19(2)18-15)13-9-12(20-3)5-6-14(13)21-4/h5-6,9-11,16H,7-8H2,1-4H3. The molecule has 0 saturated carbocycles. The number of methoxy groups -OCH3 is 2. The number of hydrogen-bond donors (Lipinski definition) is 1. The van der Waals surface area contributed by atoms with Crippen molar-refractivity contribution in [3.63, 3.8) is 0 Å². The highest BCUT2D eigenvalue weighted by atomic mass is 16.5. The van der Waals surface area contributed by atoms with Gasteiger partial charge in [-0.2, -0.15) is 5.10 Å². The van der Waals surface area contributed by atoms with Crippen LogP contribution in [0.15, 0.2) is 24.5 Å². The summed E-state index contributed by atoms with van der Waals surface area (Å²) in [6.45, 7) is 2.90. The third kappa shape index (κ3) is 3.95. The molecule has 0 fully saturated rings. The molecule has 114 valence electrons. The summed E-state index contributed by atoms with van der Waals surface area (Å²) < 4.78 is 12.4. The average Bonchev–Trinajstić information content (AvgIpc) is 2.91. The predicted octanol–water partition coefficient (Wildman–Crippen LogP) is 1.73. The zero-order valence-electron chi connectivity index (χ0n) is 13.0. The maximum absolute atomic E-state index is 5.41. The topological polar surface area (TPSA) is 61.2 Å². The van der Waals surface area contributed by atoms with E-state index >= 15 is 0 Å². The van der Waals surface area contributed by atoms with Gasteiger partial charge in [0.1, 0.15) is 17.8 Å². The summed E-state index contributed by atoms with van der Waals surface area (Å²) in [6.07, 6.45) is 2.50. The SMILES string of the molecule is COc1ccc(OC)c(C(C)NCCc2ncn(C)n2)c1. The second kappa shape index (κ2) is 7.08. The minimum atomic E-state index is 0.152. The van der Waals surface area contributed by atoms with E-state index in [1.54, 1.807) is 25.2 Å². The van der Waals surface area contributed by atoms with Crippen molar-refractivity contribution in [2.24, 2.45) is 7.05 Å². The summed E-state index contributed by atoms with van der Waals surface area (Å²) in [5.74, 6) is 2.52. The van der Waals surface area contributed by atoms with Crippen LogP contribution in [0.5, 0.6) is 11.5 Å². The Kier molecular flexibility index (Phi) is 5.16. The number of nitrogens with zero attached hydrogens (tertiary/aromatic N) is 3. The summed E-state index contributed by atoms with van der Waals surface area (Å²) in [5.41, 5.74) is 1.07. The molecular formula is C15H22N4O2. The van der Waals surface area contributed by atoms with E-state index in [4.69, 9.17) is 9.47 Å². The third-order valence-electron chi connectivity index (χ3n) is 3.35. The molecule has 0 radical (unpaired) electrons. The van der Waals surface area contributed by atoms with E-state index in [1.165, 1.54) is 0 Å². The van der Waals surface area contributed by atoms with Crippen molar-refractivity contribution < 1.29 is 9.47 Å². The maximum Gasteiger partial charge on any atom is 0.151 e. The van der Waals surface area contributed by atoms with Gasteiger partial charge in [-0.25, -0.2) is 4.98 Å². The summed E-state index contributed by atoms with van der Waals surface area (Å²) in [5, 5.41) is 7.72. The van der Waals surface area contributed by atoms with Crippen molar-refractivity contribution in [1.29, 1.82) is 0 Å². The number of nitrogens with one attached hydrogen (secondary N) is 1. The van der Waals surface area contributed by atoms with Gasteiger partial charge in [0.2, 0.25) is 0 Å². The van der Waals surface area contributed by atoms with Gasteiger partial charge in [0.05, 0.1) is 14.2 Å². The third-order valence-corrected chi connectivity index (χ3v) is 3.35. The van der Waals surface area contributed by atoms with Crippen LogP contribution in [0.1, 0.15) is 24.4 Å². The Morgan fingerprint density at radius 2 is 2.10 bits per heavy atom. The molecule has 0 aliphatic rings. The van der Waals surface area contributed by atoms with Crippen molar-refractivity contribution in [1.82, 2.24) is 20.1 Å². The van der Waals surface area contributed by atoms with Gasteiger partial charge in [0, 0.05) is 31.6 Å². The molecule has 1 aromatic heterocycles. The molecule has 21 heavy (non-hydrogen) atoms. The Morgan fingerprint density at radius 3 is 2.71 bits per heavy atom. The van der Waals surface area contributed by atoms with E-state index in [9.17, 15) is 0 Å². The van der Waals surface area contributed by atoms with Crippen LogP contribution in [0.2, 0.25) is 0 Å². The molecule has 1 unspecified atom stereocenters. The van der Waals surface area contributed by atoms with Crippen LogP contribution in [-0.2, 0) is 13.5 Å². The molecule has 1 N–H and O–H groups in total. The first-order valence-corrected chi connectivity index (χ1v) is 6.94. The van der Waals surface area contributed by atoms with Crippen molar-refractivity contribution in [3.8, 4) is 11.5 Å². The highest BCUT2D eigenvalue weighted by Gasteiger charge is 2.12. The van der Waals surface area contributed by atoms with Crippen LogP contribution in [0.4, 0.5) is 0 Å². The lowest BCUT2D eigenvalue weighted by Gasteiger charge is -2.18. The van der Waals surface area contributed by atoms with Gasteiger partial charge in [0.25, 0.3) is 0 Å². The first kappa shape index (κ1) is 15.3. The van der Waals surface area contributed by atoms with E-state index in [1.807, 2.05) is 25.2 Å². The van der Waals surface area contributed by atoms with E-state index in [0.29, 0.717) is 0 Å². The van der Waals surface area contributed by atoms with Gasteiger partial charge < -0.3 is 14.8 Å². The Balaban J connectivity index is 1.97. The molecule has 0 bridgehead atoms. The van der Waals surface area contributed by atoms with Crippen LogP contribution in [0.25, 0.3) is 0 Å². The van der Waals surface area contributed by atoms with Crippen LogP contribution in [0, 0.1) is 0 Å². The first-order valence-electron chi connectivity index (χ1n) is 6.94. The molecule has 0 saturated heterocycles. The Labute approximate surface area is 125 Å². The van der Waals surface area contributed by atoms with Gasteiger partial charge in [0.15, 0.2) is 5.82 Å². The van der Waals surface area contributed by atoms with Crippen molar-refractivity contribution in [3.05, 3.63) is 35.9 Å². The van der Waals surface area contributed by atoms with E-state index in [0.717, 1.165) is 35.9 Å². The minimum Gasteiger partial charge on any atom is -0.497 e. The maximum atomic E-state index is 5.41. The lowest BCUT2D eigenvalue weighted by Crippen LogP contribution is -2.22. The Bertz CT molecular complexity index is 583. The summed E-state index contributed by atoms with van der Waals surface area (Å²) in [4.78, 5) is 4.21. The van der Waals surface area contributed by atoms with Gasteiger partial charge in [-0.1, -0.05) is 0 Å². The van der Waals surface area contributed by atoms with Crippen molar-refractivity contribution in [2.75, 3.05) is 20.8 Å². The van der Waals surface area contributed by atoms with Gasteiger partial charge in [-0.3, -0.25) is 4.68 Å². The number of aromatic nitrogens is 3. The lowest BCUT2D eigenvalue weighted by molar-refractivity contribution is 0.392. The molecule has 2 aromatic rings. The second-order valence-corrected chi connectivity index (χ2v) is 4.87. The fourth-order valence-corrected chi connectivity index (χ4v) is 2.19. The molecule has 0 spiro atoms. The van der Waals surface area contributed by atoms with Gasteiger partial charge in [-0.05, 0) is 25.1 Å². The number of benzene rings is 1. The normalized spacial score (nSPS) is 12.2. The number of ether oxygens (including phenoxy) is 2. The predicted molar refractivity (Wildman–Crippen MR) is 80.7 cm³/mol. The molecule has 1 aromatic carbocycles. The lowest BCUT2D eigenvalue weighted by atomic mass is 10.1. The molecule has 2 rings (SSSR count). The molecule has 1 heterocycles. The first-order chi connectivity index (χ1) is 10.1. The molecule has 6 nitrogen and oxygen atoms in total. The largest absolute Gasteiger partial charge is 0.497 e. The number of rotatable bonds is 7. The van der Waals surface area contributed by atoms with Gasteiger partial charge in [-0.15, -0.1) is 0 Å². The Morgan fingerprint density at radius 1 is 1.29 bits per heavy atom. The van der Waals surface area contributed by atoms with Crippen molar-refractivity contribution in [2.45, 2.75) is 19.4 Å². The molecule has 0 amide bonds. The second-order valence-electron chi connectivity index (χ2n) is 4.87. The minimum absolute atomic E-state index is 0.152. The van der Waals surface area contributed by atoms with E-state index in [2.05, 4.69) is 22.3 Å². The van der Waals surface area contributed by atoms with Crippen LogP contribution in [0.3, 0.4) is 0 Å². The number of hydrogen-bond acceptors (Lipinski definition) is 5. The molecule has 1 atom stereocenters. The highest BCUT2D eigenvalue weighted by Crippen LogP contribution is 2.29. The molecule has 0 aliphatic carbocycles. The monoisotopic (exact) mass is 290 g/mol. The fourth-order valence-electron chi connectivity index (χ4n) is 2.19. The van der Waals surface area contributed by atoms with E-state index in [-0.39, 0.29) is 6.04 Å². The van der Waals surface area contributed by atoms with E-state index < -0.39 is 0 Å². The molecule has 6 heteroatoms. The zero-order chi connectivity index (χ0) is 15.2. The quantitative estimate of drug-likeness (QED) is 0.841. The van der Waals surface area contributed by atoms with Crippen molar-refractivity contribution >= 4 is 0 Å². The summed E-state index contributed by atoms with van der Waals surface area (Å²) >= 11 is 0. The van der Waals surface area contributed by atoms with Crippen LogP contribution >= 0.6 is 0 Å². The molecular weight excluding hydrogens is 268 g/mol. The smallest absolute Gasteiger partial charge is 0.151 e. The Hall–Kier alpha value is -2.08. The summed E-state index contributed by atoms with van der Waals surface area (Å²) in [7, 11) is 5.21. The highest BCUT2D eigenvalue weighted by molar-refractivity contribution is 5.42. The average molecular weight is 290 g/mol. The molecule has 0 aliphatic heterocycles. The summed E-state index contributed by atoms with van der Waals surface area (Å²) in [6, 6.07) is 5.97. The zero-order valence-corrected chi connectivity index (χ0v) is 13.0. The number of aryl methyl sites for hydroxylation is 1. The van der Waals surface area contributed by atoms with Gasteiger partial charge >= 0.3 is 0 Å².